The first-order chi connectivity index (χ1) is 9.06. The normalized spacial score (nSPS) is 12.9. The van der Waals surface area contributed by atoms with Gasteiger partial charge in [-0.15, -0.1) is 0 Å². The summed E-state index contributed by atoms with van der Waals surface area (Å²) in [6.45, 7) is 0. The van der Waals surface area contributed by atoms with Crippen LogP contribution in [0, 0.1) is 0 Å². The summed E-state index contributed by atoms with van der Waals surface area (Å²) in [5, 5.41) is 11.2. The molecule has 2 N–H and O–H groups in total. The summed E-state index contributed by atoms with van der Waals surface area (Å²) < 4.78 is 0. The van der Waals surface area contributed by atoms with E-state index in [0.717, 1.165) is 11.3 Å². The van der Waals surface area contributed by atoms with E-state index in [1.54, 1.807) is 18.2 Å². The van der Waals surface area contributed by atoms with Gasteiger partial charge >= 0.3 is 5.97 Å². The fraction of sp³-hybridized carbons (Fsp3) is 0.308. The average Bonchev–Trinajstić information content (AvgIpc) is 2.73. The molecule has 19 heavy (non-hydrogen) atoms. The van der Waals surface area contributed by atoms with Crippen LogP contribution in [0.1, 0.15) is 22.3 Å². The predicted octanol–water partition coefficient (Wildman–Crippen LogP) is 1.57. The quantitative estimate of drug-likeness (QED) is 0.610. The van der Waals surface area contributed by atoms with Crippen molar-refractivity contribution in [1.29, 1.82) is 0 Å². The fourth-order valence-corrected chi connectivity index (χ4v) is 2.63. The van der Waals surface area contributed by atoms with Gasteiger partial charge in [0.25, 0.3) is 0 Å². The third-order valence-corrected chi connectivity index (χ3v) is 3.70. The highest BCUT2D eigenvalue weighted by Gasteiger charge is 2.19. The molecule has 0 unspecified atom stereocenters. The number of thioether (sulfide) groups is 1. The number of fused-ring (bicyclic) bond motifs is 1. The van der Waals surface area contributed by atoms with Crippen molar-refractivity contribution < 1.29 is 19.5 Å². The van der Waals surface area contributed by atoms with Crippen LogP contribution in [0.3, 0.4) is 0 Å². The molecule has 0 saturated carbocycles. The number of Topliss-reactive ketones (excluding diaryl/α,β-unsaturated/α-hetero) is 1. The summed E-state index contributed by atoms with van der Waals surface area (Å²) in [5.41, 5.74) is 2.17. The van der Waals surface area contributed by atoms with Gasteiger partial charge in [-0.25, -0.2) is 0 Å². The molecule has 0 atom stereocenters. The van der Waals surface area contributed by atoms with E-state index in [2.05, 4.69) is 5.32 Å². The second-order valence-corrected chi connectivity index (χ2v) is 5.32. The lowest BCUT2D eigenvalue weighted by Crippen LogP contribution is -2.05. The van der Waals surface area contributed by atoms with Gasteiger partial charge in [0.1, 0.15) is 0 Å². The summed E-state index contributed by atoms with van der Waals surface area (Å²) in [6, 6.07) is 5.15. The predicted molar refractivity (Wildman–Crippen MR) is 72.7 cm³/mol. The first kappa shape index (κ1) is 13.6. The van der Waals surface area contributed by atoms with Crippen LogP contribution in [0.25, 0.3) is 0 Å². The number of hydrogen-bond donors (Lipinski definition) is 2. The summed E-state index contributed by atoms with van der Waals surface area (Å²) in [6.07, 6.45) is 0.364. The van der Waals surface area contributed by atoms with Crippen molar-refractivity contribution in [3.05, 3.63) is 29.3 Å². The Morgan fingerprint density at radius 2 is 2.16 bits per heavy atom. The van der Waals surface area contributed by atoms with Gasteiger partial charge < -0.3 is 10.4 Å². The smallest absolute Gasteiger partial charge is 0.304 e. The third kappa shape index (κ3) is 3.57. The lowest BCUT2D eigenvalue weighted by atomic mass is 10.1. The molecule has 2 rings (SSSR count). The van der Waals surface area contributed by atoms with E-state index < -0.39 is 5.97 Å². The van der Waals surface area contributed by atoms with E-state index in [0.29, 0.717) is 17.7 Å². The molecule has 0 saturated heterocycles. The third-order valence-electron chi connectivity index (χ3n) is 2.75. The largest absolute Gasteiger partial charge is 0.481 e. The number of carboxylic acids is 1. The molecular weight excluding hydrogens is 266 g/mol. The van der Waals surface area contributed by atoms with Crippen LogP contribution in [0.2, 0.25) is 0 Å². The summed E-state index contributed by atoms with van der Waals surface area (Å²) in [7, 11) is 0. The van der Waals surface area contributed by atoms with Gasteiger partial charge in [0.15, 0.2) is 5.78 Å². The molecule has 1 heterocycles. The Bertz CT molecular complexity index is 541. The Morgan fingerprint density at radius 1 is 1.37 bits per heavy atom. The van der Waals surface area contributed by atoms with Crippen LogP contribution in [0.15, 0.2) is 18.2 Å². The molecule has 1 aromatic carbocycles. The van der Waals surface area contributed by atoms with Crippen LogP contribution in [-0.4, -0.2) is 34.3 Å². The van der Waals surface area contributed by atoms with Crippen molar-refractivity contribution in [3.63, 3.8) is 0 Å². The molecule has 0 spiro atoms. The molecule has 0 bridgehead atoms. The summed E-state index contributed by atoms with van der Waals surface area (Å²) in [4.78, 5) is 33.4. The first-order valence-electron chi connectivity index (χ1n) is 5.82. The minimum Gasteiger partial charge on any atom is -0.481 e. The minimum atomic E-state index is -0.859. The molecule has 1 amide bonds. The van der Waals surface area contributed by atoms with Gasteiger partial charge in [0, 0.05) is 17.0 Å². The van der Waals surface area contributed by atoms with Gasteiger partial charge in [0.2, 0.25) is 5.91 Å². The molecule has 5 nitrogen and oxygen atoms in total. The van der Waals surface area contributed by atoms with Crippen molar-refractivity contribution in [2.45, 2.75) is 12.8 Å². The van der Waals surface area contributed by atoms with Gasteiger partial charge in [-0.2, -0.15) is 11.8 Å². The van der Waals surface area contributed by atoms with Crippen molar-refractivity contribution in [1.82, 2.24) is 0 Å². The van der Waals surface area contributed by atoms with Crippen molar-refractivity contribution in [2.24, 2.45) is 0 Å². The highest BCUT2D eigenvalue weighted by molar-refractivity contribution is 8.00. The zero-order valence-electron chi connectivity index (χ0n) is 10.1. The molecule has 0 fully saturated rings. The van der Waals surface area contributed by atoms with E-state index in [-0.39, 0.29) is 23.9 Å². The number of ketones is 1. The molecular formula is C13H13NO4S. The lowest BCUT2D eigenvalue weighted by Gasteiger charge is -2.03. The number of carbonyl (C=O) groups is 3. The van der Waals surface area contributed by atoms with Crippen molar-refractivity contribution in [3.8, 4) is 0 Å². The van der Waals surface area contributed by atoms with Crippen LogP contribution in [0.4, 0.5) is 5.69 Å². The molecule has 0 radical (unpaired) electrons. The van der Waals surface area contributed by atoms with E-state index in [9.17, 15) is 14.4 Å². The molecule has 1 aliphatic heterocycles. The Kier molecular flexibility index (Phi) is 4.21. The van der Waals surface area contributed by atoms with Crippen LogP contribution >= 0.6 is 11.8 Å². The first-order valence-corrected chi connectivity index (χ1v) is 6.97. The zero-order chi connectivity index (χ0) is 13.8. The zero-order valence-corrected chi connectivity index (χ0v) is 11.0. The van der Waals surface area contributed by atoms with Crippen molar-refractivity contribution in [2.75, 3.05) is 16.8 Å². The van der Waals surface area contributed by atoms with Crippen molar-refractivity contribution >= 4 is 35.1 Å². The molecule has 0 aromatic heterocycles. The number of anilines is 1. The van der Waals surface area contributed by atoms with Gasteiger partial charge in [-0.1, -0.05) is 0 Å². The molecule has 1 aliphatic rings. The number of benzene rings is 1. The Morgan fingerprint density at radius 3 is 2.89 bits per heavy atom. The number of carbonyl (C=O) groups excluding carboxylic acids is 2. The lowest BCUT2D eigenvalue weighted by molar-refractivity contribution is -0.136. The fourth-order valence-electron chi connectivity index (χ4n) is 1.81. The highest BCUT2D eigenvalue weighted by atomic mass is 32.2. The Balaban J connectivity index is 1.91. The van der Waals surface area contributed by atoms with E-state index >= 15 is 0 Å². The molecule has 100 valence electrons. The van der Waals surface area contributed by atoms with Gasteiger partial charge in [0.05, 0.1) is 18.6 Å². The maximum absolute atomic E-state index is 11.9. The second-order valence-electron chi connectivity index (χ2n) is 4.22. The average molecular weight is 279 g/mol. The minimum absolute atomic E-state index is 0.0439. The number of aliphatic carboxylic acids is 1. The van der Waals surface area contributed by atoms with Crippen LogP contribution < -0.4 is 5.32 Å². The van der Waals surface area contributed by atoms with Crippen LogP contribution in [0.5, 0.6) is 0 Å². The standard InChI is InChI=1S/C13H13NO4S/c15-11(7-19-4-3-13(17)18)8-1-2-10-9(5-8)6-12(16)14-10/h1-2,5H,3-4,6-7H2,(H,14,16)(H,17,18). The van der Waals surface area contributed by atoms with Gasteiger partial charge in [-0.3, -0.25) is 14.4 Å². The number of amides is 1. The van der Waals surface area contributed by atoms with Crippen LogP contribution in [-0.2, 0) is 16.0 Å². The number of carboxylic acid groups (broad SMARTS) is 1. The second kappa shape index (κ2) is 5.88. The SMILES string of the molecule is O=C(O)CCSCC(=O)c1ccc2c(c1)CC(=O)N2. The van der Waals surface area contributed by atoms with Gasteiger partial charge in [-0.05, 0) is 23.8 Å². The Hall–Kier alpha value is -1.82. The molecule has 6 heteroatoms. The van der Waals surface area contributed by atoms with E-state index in [1.165, 1.54) is 11.8 Å². The number of nitrogens with one attached hydrogen (secondary N) is 1. The summed E-state index contributed by atoms with van der Waals surface area (Å²) >= 11 is 1.31. The van der Waals surface area contributed by atoms with E-state index in [1.807, 2.05) is 0 Å². The number of hydrogen-bond acceptors (Lipinski definition) is 4. The maximum Gasteiger partial charge on any atom is 0.304 e. The van der Waals surface area contributed by atoms with E-state index in [4.69, 9.17) is 5.11 Å². The highest BCUT2D eigenvalue weighted by Crippen LogP contribution is 2.24. The number of rotatable bonds is 6. The summed E-state index contributed by atoms with van der Waals surface area (Å²) in [5.74, 6) is -0.283. The molecule has 1 aromatic rings. The monoisotopic (exact) mass is 279 g/mol. The topological polar surface area (TPSA) is 83.5 Å². The molecule has 0 aliphatic carbocycles. The Labute approximate surface area is 114 Å². The maximum atomic E-state index is 11.9.